The van der Waals surface area contributed by atoms with Gasteiger partial charge in [-0.1, -0.05) is 42.5 Å². The SMILES string of the molecule is O=C(NC1CCc2nc(C(=O)NC[C@H](O)CN3CCc4ccccc4C3)cn2C1)c1ccccc1. The van der Waals surface area contributed by atoms with Crippen LogP contribution in [0, 0.1) is 0 Å². The van der Waals surface area contributed by atoms with Crippen molar-refractivity contribution in [2.75, 3.05) is 19.6 Å². The molecule has 2 aromatic carbocycles. The van der Waals surface area contributed by atoms with Gasteiger partial charge in [0, 0.05) is 56.9 Å². The van der Waals surface area contributed by atoms with Crippen molar-refractivity contribution in [2.45, 2.75) is 44.5 Å². The summed E-state index contributed by atoms with van der Waals surface area (Å²) in [5, 5.41) is 16.4. The van der Waals surface area contributed by atoms with E-state index >= 15 is 0 Å². The lowest BCUT2D eigenvalue weighted by molar-refractivity contribution is 0.0838. The van der Waals surface area contributed by atoms with Gasteiger partial charge < -0.3 is 20.3 Å². The van der Waals surface area contributed by atoms with E-state index in [1.54, 1.807) is 18.3 Å². The van der Waals surface area contributed by atoms with Crippen LogP contribution in [0.4, 0.5) is 0 Å². The molecule has 0 saturated heterocycles. The lowest BCUT2D eigenvalue weighted by atomic mass is 10.00. The summed E-state index contributed by atoms with van der Waals surface area (Å²) in [6.45, 7) is 2.98. The van der Waals surface area contributed by atoms with Crippen LogP contribution in [0.25, 0.3) is 0 Å². The van der Waals surface area contributed by atoms with E-state index in [-0.39, 0.29) is 24.4 Å². The molecule has 2 atom stereocenters. The minimum atomic E-state index is -0.654. The maximum Gasteiger partial charge on any atom is 0.271 e. The lowest BCUT2D eigenvalue weighted by Crippen LogP contribution is -2.42. The molecule has 2 aliphatic heterocycles. The normalized spacial score (nSPS) is 18.3. The molecule has 35 heavy (non-hydrogen) atoms. The summed E-state index contributed by atoms with van der Waals surface area (Å²) < 4.78 is 1.94. The number of nitrogens with zero attached hydrogens (tertiary/aromatic N) is 3. The van der Waals surface area contributed by atoms with Crippen LogP contribution in [-0.4, -0.2) is 63.2 Å². The zero-order valence-corrected chi connectivity index (χ0v) is 19.7. The molecule has 0 radical (unpaired) electrons. The molecule has 0 spiro atoms. The van der Waals surface area contributed by atoms with E-state index in [2.05, 4.69) is 38.7 Å². The Kier molecular flexibility index (Phi) is 6.92. The van der Waals surface area contributed by atoms with Gasteiger partial charge in [0.2, 0.25) is 0 Å². The Morgan fingerprint density at radius 3 is 2.63 bits per heavy atom. The van der Waals surface area contributed by atoms with E-state index in [0.717, 1.165) is 31.8 Å². The second kappa shape index (κ2) is 10.4. The summed E-state index contributed by atoms with van der Waals surface area (Å²) in [5.41, 5.74) is 3.65. The molecule has 0 saturated carbocycles. The Bertz CT molecular complexity index is 1190. The van der Waals surface area contributed by atoms with Crippen molar-refractivity contribution in [3.63, 3.8) is 0 Å². The van der Waals surface area contributed by atoms with Crippen molar-refractivity contribution < 1.29 is 14.7 Å². The van der Waals surface area contributed by atoms with Crippen molar-refractivity contribution in [3.8, 4) is 0 Å². The Morgan fingerprint density at radius 2 is 1.80 bits per heavy atom. The average Bonchev–Trinajstić information content (AvgIpc) is 3.31. The monoisotopic (exact) mass is 473 g/mol. The Hall–Kier alpha value is -3.49. The standard InChI is InChI=1S/C27H31N5O3/c33-23(17-31-13-12-19-6-4-5-9-21(19)15-31)14-28-27(35)24-18-32-16-22(10-11-25(32)30-24)29-26(34)20-7-2-1-3-8-20/h1-9,18,22-23,33H,10-17H2,(H,28,35)(H,29,34)/t22?,23-/m0/s1. The third kappa shape index (κ3) is 5.61. The third-order valence-electron chi connectivity index (χ3n) is 6.77. The Morgan fingerprint density at radius 1 is 1.03 bits per heavy atom. The number of carbonyl (C=O) groups is 2. The first-order valence-electron chi connectivity index (χ1n) is 12.2. The smallest absolute Gasteiger partial charge is 0.271 e. The molecule has 2 amide bonds. The number of aromatic nitrogens is 2. The van der Waals surface area contributed by atoms with Crippen LogP contribution in [0.15, 0.2) is 60.8 Å². The van der Waals surface area contributed by atoms with Crippen LogP contribution in [0.1, 0.15) is 44.2 Å². The van der Waals surface area contributed by atoms with E-state index < -0.39 is 6.10 Å². The highest BCUT2D eigenvalue weighted by molar-refractivity contribution is 5.94. The topological polar surface area (TPSA) is 99.5 Å². The summed E-state index contributed by atoms with van der Waals surface area (Å²) >= 11 is 0. The van der Waals surface area contributed by atoms with Crippen molar-refractivity contribution in [1.82, 2.24) is 25.1 Å². The molecule has 0 aliphatic carbocycles. The molecule has 3 aromatic rings. The number of fused-ring (bicyclic) bond motifs is 2. The molecule has 5 rings (SSSR count). The number of imidazole rings is 1. The van der Waals surface area contributed by atoms with Gasteiger partial charge >= 0.3 is 0 Å². The molecule has 8 heteroatoms. The fourth-order valence-electron chi connectivity index (χ4n) is 4.90. The minimum absolute atomic E-state index is 0.0168. The van der Waals surface area contributed by atoms with Crippen molar-refractivity contribution in [1.29, 1.82) is 0 Å². The van der Waals surface area contributed by atoms with Crippen molar-refractivity contribution >= 4 is 11.8 Å². The summed E-state index contributed by atoms with van der Waals surface area (Å²) in [5.74, 6) is 0.455. The maximum absolute atomic E-state index is 12.7. The van der Waals surface area contributed by atoms with Gasteiger partial charge in [-0.3, -0.25) is 14.5 Å². The van der Waals surface area contributed by atoms with Crippen LogP contribution in [0.3, 0.4) is 0 Å². The molecule has 0 bridgehead atoms. The van der Waals surface area contributed by atoms with Gasteiger partial charge in [0.05, 0.1) is 6.10 Å². The fourth-order valence-corrected chi connectivity index (χ4v) is 4.90. The van der Waals surface area contributed by atoms with Gasteiger partial charge in [-0.25, -0.2) is 4.98 Å². The molecular weight excluding hydrogens is 442 g/mol. The van der Waals surface area contributed by atoms with E-state index in [4.69, 9.17) is 0 Å². The van der Waals surface area contributed by atoms with E-state index in [1.807, 2.05) is 28.8 Å². The number of hydrogen-bond acceptors (Lipinski definition) is 5. The maximum atomic E-state index is 12.7. The summed E-state index contributed by atoms with van der Waals surface area (Å²) in [6, 6.07) is 17.5. The van der Waals surface area contributed by atoms with Crippen LogP contribution in [0.2, 0.25) is 0 Å². The molecule has 182 valence electrons. The van der Waals surface area contributed by atoms with Gasteiger partial charge in [-0.05, 0) is 36.1 Å². The highest BCUT2D eigenvalue weighted by Gasteiger charge is 2.24. The third-order valence-corrected chi connectivity index (χ3v) is 6.77. The van der Waals surface area contributed by atoms with Crippen LogP contribution >= 0.6 is 0 Å². The molecule has 0 fully saturated rings. The molecule has 3 N–H and O–H groups in total. The Balaban J connectivity index is 1.10. The molecule has 1 unspecified atom stereocenters. The van der Waals surface area contributed by atoms with Gasteiger partial charge in [0.15, 0.2) is 0 Å². The number of rotatable bonds is 7. The fraction of sp³-hybridized carbons (Fsp3) is 0.370. The number of amides is 2. The minimum Gasteiger partial charge on any atom is -0.390 e. The first-order valence-corrected chi connectivity index (χ1v) is 12.2. The highest BCUT2D eigenvalue weighted by atomic mass is 16.3. The molecule has 8 nitrogen and oxygen atoms in total. The van der Waals surface area contributed by atoms with Gasteiger partial charge in [-0.15, -0.1) is 0 Å². The van der Waals surface area contributed by atoms with Gasteiger partial charge in [-0.2, -0.15) is 0 Å². The molecule has 3 heterocycles. The number of aliphatic hydroxyl groups excluding tert-OH is 1. The van der Waals surface area contributed by atoms with Crippen LogP contribution in [-0.2, 0) is 25.9 Å². The number of benzene rings is 2. The molecule has 1 aromatic heterocycles. The number of aryl methyl sites for hydroxylation is 1. The predicted molar refractivity (Wildman–Crippen MR) is 132 cm³/mol. The summed E-state index contributed by atoms with van der Waals surface area (Å²) in [4.78, 5) is 31.9. The average molecular weight is 474 g/mol. The second-order valence-corrected chi connectivity index (χ2v) is 9.39. The quantitative estimate of drug-likeness (QED) is 0.486. The highest BCUT2D eigenvalue weighted by Crippen LogP contribution is 2.19. The summed E-state index contributed by atoms with van der Waals surface area (Å²) in [7, 11) is 0. The first kappa shape index (κ1) is 23.3. The van der Waals surface area contributed by atoms with E-state index in [9.17, 15) is 14.7 Å². The van der Waals surface area contributed by atoms with Crippen molar-refractivity contribution in [3.05, 3.63) is 89.0 Å². The van der Waals surface area contributed by atoms with Crippen LogP contribution < -0.4 is 10.6 Å². The number of β-amino-alcohol motifs (C(OH)–C–C–N with tert-alkyl or cyclic N) is 1. The number of aliphatic hydroxyl groups is 1. The van der Waals surface area contributed by atoms with E-state index in [0.29, 0.717) is 30.8 Å². The number of carbonyl (C=O) groups excluding carboxylic acids is 2. The largest absolute Gasteiger partial charge is 0.390 e. The first-order chi connectivity index (χ1) is 17.0. The van der Waals surface area contributed by atoms with E-state index in [1.165, 1.54) is 11.1 Å². The predicted octanol–water partition coefficient (Wildman–Crippen LogP) is 1.78. The molecule has 2 aliphatic rings. The van der Waals surface area contributed by atoms with Gasteiger partial charge in [0.25, 0.3) is 11.8 Å². The second-order valence-electron chi connectivity index (χ2n) is 9.39. The zero-order valence-electron chi connectivity index (χ0n) is 19.7. The zero-order chi connectivity index (χ0) is 24.2. The van der Waals surface area contributed by atoms with Crippen molar-refractivity contribution in [2.24, 2.45) is 0 Å². The summed E-state index contributed by atoms with van der Waals surface area (Å²) in [6.07, 6.45) is 3.52. The van der Waals surface area contributed by atoms with Crippen LogP contribution in [0.5, 0.6) is 0 Å². The lowest BCUT2D eigenvalue weighted by Gasteiger charge is -2.30. The number of nitrogens with one attached hydrogen (secondary N) is 2. The van der Waals surface area contributed by atoms with Gasteiger partial charge in [0.1, 0.15) is 11.5 Å². The Labute approximate surface area is 205 Å². The number of hydrogen-bond donors (Lipinski definition) is 3. The molecular formula is C27H31N5O3.